The van der Waals surface area contributed by atoms with Gasteiger partial charge in [-0.2, -0.15) is 0 Å². The highest BCUT2D eigenvalue weighted by Gasteiger charge is 2.02. The summed E-state index contributed by atoms with van der Waals surface area (Å²) in [6.45, 7) is 3.94. The van der Waals surface area contributed by atoms with E-state index in [1.807, 2.05) is 0 Å². The van der Waals surface area contributed by atoms with Gasteiger partial charge in [0.15, 0.2) is 0 Å². The van der Waals surface area contributed by atoms with Gasteiger partial charge in [-0.25, -0.2) is 0 Å². The smallest absolute Gasteiger partial charge is 0.0443 e. The average molecular weight is 190 g/mol. The van der Waals surface area contributed by atoms with Gasteiger partial charge in [0.25, 0.3) is 0 Å². The van der Waals surface area contributed by atoms with Gasteiger partial charge in [-0.15, -0.1) is 0 Å². The fourth-order valence-electron chi connectivity index (χ4n) is 1.24. The third kappa shape index (κ3) is 8.18. The molecule has 4 heteroatoms. The van der Waals surface area contributed by atoms with Crippen LogP contribution in [-0.4, -0.2) is 54.5 Å². The second-order valence-electron chi connectivity index (χ2n) is 3.14. The maximum Gasteiger partial charge on any atom is 0.0443 e. The van der Waals surface area contributed by atoms with Crippen LogP contribution in [0.4, 0.5) is 0 Å². The van der Waals surface area contributed by atoms with Crippen LogP contribution in [0.15, 0.2) is 0 Å². The topological polar surface area (TPSA) is 69.7 Å². The Labute approximate surface area is 80.3 Å². The van der Waals surface area contributed by atoms with E-state index in [1.165, 1.54) is 0 Å². The van der Waals surface area contributed by atoms with Crippen LogP contribution in [0.5, 0.6) is 0 Å². The quantitative estimate of drug-likeness (QED) is 0.454. The summed E-state index contributed by atoms with van der Waals surface area (Å²) in [6.07, 6.45) is 2.59. The molecule has 0 aliphatic carbocycles. The number of aliphatic hydroxyl groups excluding tert-OH is 2. The zero-order valence-electron chi connectivity index (χ0n) is 8.28. The molecule has 0 aromatic rings. The highest BCUT2D eigenvalue weighted by atomic mass is 16.3. The minimum Gasteiger partial charge on any atom is -0.396 e. The first kappa shape index (κ1) is 12.8. The Bertz CT molecular complexity index is 82.6. The Hall–Kier alpha value is -0.160. The van der Waals surface area contributed by atoms with Crippen molar-refractivity contribution < 1.29 is 10.2 Å². The van der Waals surface area contributed by atoms with E-state index < -0.39 is 0 Å². The largest absolute Gasteiger partial charge is 0.396 e. The number of rotatable bonds is 9. The summed E-state index contributed by atoms with van der Waals surface area (Å²) < 4.78 is 0. The Kier molecular flexibility index (Phi) is 9.80. The molecule has 13 heavy (non-hydrogen) atoms. The second-order valence-corrected chi connectivity index (χ2v) is 3.14. The zero-order chi connectivity index (χ0) is 9.94. The summed E-state index contributed by atoms with van der Waals surface area (Å²) in [7, 11) is 0. The molecule has 0 unspecified atom stereocenters. The second kappa shape index (κ2) is 9.92. The van der Waals surface area contributed by atoms with Gasteiger partial charge in [0.1, 0.15) is 0 Å². The molecule has 0 amide bonds. The Morgan fingerprint density at radius 1 is 0.846 bits per heavy atom. The van der Waals surface area contributed by atoms with E-state index in [0.717, 1.165) is 38.9 Å². The molecule has 0 bridgehead atoms. The van der Waals surface area contributed by atoms with Crippen molar-refractivity contribution in [1.82, 2.24) is 4.90 Å². The van der Waals surface area contributed by atoms with Crippen LogP contribution in [0.1, 0.15) is 19.3 Å². The van der Waals surface area contributed by atoms with Gasteiger partial charge in [-0.1, -0.05) is 0 Å². The molecular formula is C9H22N2O2. The molecule has 0 spiro atoms. The summed E-state index contributed by atoms with van der Waals surface area (Å²) >= 11 is 0. The van der Waals surface area contributed by atoms with Crippen molar-refractivity contribution in [2.75, 3.05) is 39.4 Å². The average Bonchev–Trinajstić information content (AvgIpc) is 2.17. The van der Waals surface area contributed by atoms with Crippen molar-refractivity contribution in [2.24, 2.45) is 5.73 Å². The number of hydrogen-bond donors (Lipinski definition) is 3. The van der Waals surface area contributed by atoms with Crippen molar-refractivity contribution in [3.63, 3.8) is 0 Å². The third-order valence-corrected chi connectivity index (χ3v) is 1.94. The molecule has 4 nitrogen and oxygen atoms in total. The molecule has 0 rings (SSSR count). The number of nitrogens with two attached hydrogens (primary N) is 1. The standard InChI is InChI=1S/C9H22N2O2/c10-4-1-5-11(6-2-8-12)7-3-9-13/h12-13H,1-10H2. The lowest BCUT2D eigenvalue weighted by Gasteiger charge is -2.20. The first-order valence-electron chi connectivity index (χ1n) is 4.99. The van der Waals surface area contributed by atoms with Crippen LogP contribution in [0, 0.1) is 0 Å². The van der Waals surface area contributed by atoms with Crippen molar-refractivity contribution in [3.05, 3.63) is 0 Å². The van der Waals surface area contributed by atoms with E-state index in [1.54, 1.807) is 0 Å². The van der Waals surface area contributed by atoms with E-state index >= 15 is 0 Å². The van der Waals surface area contributed by atoms with Crippen molar-refractivity contribution in [3.8, 4) is 0 Å². The fraction of sp³-hybridized carbons (Fsp3) is 1.00. The van der Waals surface area contributed by atoms with Crippen molar-refractivity contribution in [1.29, 1.82) is 0 Å². The summed E-state index contributed by atoms with van der Waals surface area (Å²) in [5, 5.41) is 17.3. The van der Waals surface area contributed by atoms with Crippen molar-refractivity contribution >= 4 is 0 Å². The lowest BCUT2D eigenvalue weighted by atomic mass is 10.3. The number of nitrogens with zero attached hydrogens (tertiary/aromatic N) is 1. The third-order valence-electron chi connectivity index (χ3n) is 1.94. The van der Waals surface area contributed by atoms with E-state index in [0.29, 0.717) is 6.54 Å². The number of aliphatic hydroxyl groups is 2. The van der Waals surface area contributed by atoms with Crippen molar-refractivity contribution in [2.45, 2.75) is 19.3 Å². The van der Waals surface area contributed by atoms with Crippen LogP contribution in [0.3, 0.4) is 0 Å². The van der Waals surface area contributed by atoms with E-state index in [4.69, 9.17) is 15.9 Å². The lowest BCUT2D eigenvalue weighted by Crippen LogP contribution is -2.29. The summed E-state index contributed by atoms with van der Waals surface area (Å²) in [5.74, 6) is 0. The normalized spacial score (nSPS) is 11.1. The van der Waals surface area contributed by atoms with E-state index in [2.05, 4.69) is 4.90 Å². The van der Waals surface area contributed by atoms with Crippen LogP contribution >= 0.6 is 0 Å². The van der Waals surface area contributed by atoms with Gasteiger partial charge in [0, 0.05) is 26.3 Å². The number of hydrogen-bond acceptors (Lipinski definition) is 4. The molecule has 4 N–H and O–H groups in total. The maximum atomic E-state index is 8.67. The molecular weight excluding hydrogens is 168 g/mol. The van der Waals surface area contributed by atoms with Crippen LogP contribution in [-0.2, 0) is 0 Å². The molecule has 0 aliphatic heterocycles. The minimum atomic E-state index is 0.234. The SMILES string of the molecule is NCCCN(CCCO)CCCO. The van der Waals surface area contributed by atoms with Crippen LogP contribution in [0.2, 0.25) is 0 Å². The summed E-state index contributed by atoms with van der Waals surface area (Å²) in [5.41, 5.74) is 5.41. The van der Waals surface area contributed by atoms with Crippen LogP contribution in [0.25, 0.3) is 0 Å². The Morgan fingerprint density at radius 3 is 1.69 bits per heavy atom. The molecule has 80 valence electrons. The lowest BCUT2D eigenvalue weighted by molar-refractivity contribution is 0.201. The summed E-state index contributed by atoms with van der Waals surface area (Å²) in [6, 6.07) is 0. The minimum absolute atomic E-state index is 0.234. The van der Waals surface area contributed by atoms with Crippen LogP contribution < -0.4 is 5.73 Å². The summed E-state index contributed by atoms with van der Waals surface area (Å²) in [4.78, 5) is 2.24. The maximum absolute atomic E-state index is 8.67. The Balaban J connectivity index is 3.47. The van der Waals surface area contributed by atoms with Gasteiger partial charge in [0.05, 0.1) is 0 Å². The monoisotopic (exact) mass is 190 g/mol. The van der Waals surface area contributed by atoms with E-state index in [-0.39, 0.29) is 13.2 Å². The zero-order valence-corrected chi connectivity index (χ0v) is 8.28. The first-order valence-corrected chi connectivity index (χ1v) is 4.99. The highest BCUT2D eigenvalue weighted by molar-refractivity contribution is 4.58. The molecule has 0 atom stereocenters. The molecule has 0 aromatic heterocycles. The fourth-order valence-corrected chi connectivity index (χ4v) is 1.24. The molecule has 0 heterocycles. The van der Waals surface area contributed by atoms with E-state index in [9.17, 15) is 0 Å². The predicted octanol–water partition coefficient (Wildman–Crippen LogP) is -0.598. The van der Waals surface area contributed by atoms with Gasteiger partial charge < -0.3 is 20.8 Å². The molecule has 0 radical (unpaired) electrons. The Morgan fingerprint density at radius 2 is 1.31 bits per heavy atom. The molecule has 0 aromatic carbocycles. The molecule has 0 saturated carbocycles. The molecule has 0 aliphatic rings. The van der Waals surface area contributed by atoms with Gasteiger partial charge in [-0.05, 0) is 32.4 Å². The van der Waals surface area contributed by atoms with Gasteiger partial charge in [-0.3, -0.25) is 0 Å². The predicted molar refractivity (Wildman–Crippen MR) is 53.5 cm³/mol. The van der Waals surface area contributed by atoms with Gasteiger partial charge >= 0.3 is 0 Å². The van der Waals surface area contributed by atoms with Gasteiger partial charge in [0.2, 0.25) is 0 Å². The molecule has 0 fully saturated rings. The highest BCUT2D eigenvalue weighted by Crippen LogP contribution is 1.95. The molecule has 0 saturated heterocycles. The first-order chi connectivity index (χ1) is 6.35.